The molecule has 4 nitrogen and oxygen atoms in total. The molecule has 5 heteroatoms. The molecule has 0 aromatic carbocycles. The van der Waals surface area contributed by atoms with Gasteiger partial charge in [-0.3, -0.25) is 0 Å². The quantitative estimate of drug-likeness (QED) is 0.800. The predicted molar refractivity (Wildman–Crippen MR) is 63.8 cm³/mol. The SMILES string of the molecule is Cc1cc(N2CCC[C@@H](CO)C2)nc(Cl)n1. The third kappa shape index (κ3) is 2.62. The molecule has 2 heterocycles. The standard InChI is InChI=1S/C11H16ClN3O/c1-8-5-10(14-11(12)13-8)15-4-2-3-9(6-15)7-16/h5,9,16H,2-4,6-7H2,1H3/t9-/m1/s1. The molecule has 1 N–H and O–H groups in total. The Hall–Kier alpha value is -0.870. The zero-order valence-corrected chi connectivity index (χ0v) is 10.1. The summed E-state index contributed by atoms with van der Waals surface area (Å²) in [5, 5.41) is 9.47. The Kier molecular flexibility index (Phi) is 3.61. The van der Waals surface area contributed by atoms with E-state index in [9.17, 15) is 5.11 Å². The smallest absolute Gasteiger partial charge is 0.224 e. The lowest BCUT2D eigenvalue weighted by molar-refractivity contribution is 0.208. The Morgan fingerprint density at radius 1 is 1.56 bits per heavy atom. The molecule has 0 amide bonds. The highest BCUT2D eigenvalue weighted by atomic mass is 35.5. The average Bonchev–Trinajstić information content (AvgIpc) is 2.28. The fourth-order valence-corrected chi connectivity index (χ4v) is 2.32. The Balaban J connectivity index is 2.16. The van der Waals surface area contributed by atoms with Crippen LogP contribution < -0.4 is 4.90 Å². The molecular formula is C11H16ClN3O. The second-order valence-corrected chi connectivity index (χ2v) is 4.61. The van der Waals surface area contributed by atoms with E-state index in [4.69, 9.17) is 11.6 Å². The van der Waals surface area contributed by atoms with E-state index in [1.54, 1.807) is 0 Å². The molecule has 1 aliphatic heterocycles. The highest BCUT2D eigenvalue weighted by Gasteiger charge is 2.20. The van der Waals surface area contributed by atoms with E-state index in [2.05, 4.69) is 14.9 Å². The van der Waals surface area contributed by atoms with E-state index < -0.39 is 0 Å². The molecule has 1 aliphatic rings. The van der Waals surface area contributed by atoms with Crippen LogP contribution in [0.2, 0.25) is 5.28 Å². The van der Waals surface area contributed by atoms with E-state index in [0.29, 0.717) is 11.2 Å². The lowest BCUT2D eigenvalue weighted by Crippen LogP contribution is -2.37. The van der Waals surface area contributed by atoms with Crippen LogP contribution in [0, 0.1) is 12.8 Å². The molecule has 1 aromatic heterocycles. The van der Waals surface area contributed by atoms with Crippen molar-refractivity contribution in [1.29, 1.82) is 0 Å². The summed E-state index contributed by atoms with van der Waals surface area (Å²) < 4.78 is 0. The number of aliphatic hydroxyl groups excluding tert-OH is 1. The maximum absolute atomic E-state index is 9.18. The summed E-state index contributed by atoms with van der Waals surface area (Å²) in [6.07, 6.45) is 2.18. The minimum Gasteiger partial charge on any atom is -0.396 e. The molecule has 0 spiro atoms. The summed E-state index contributed by atoms with van der Waals surface area (Å²) in [6.45, 7) is 3.98. The van der Waals surface area contributed by atoms with Crippen LogP contribution in [-0.4, -0.2) is 34.8 Å². The number of anilines is 1. The molecule has 88 valence electrons. The Morgan fingerprint density at radius 3 is 3.06 bits per heavy atom. The number of aryl methyl sites for hydroxylation is 1. The summed E-state index contributed by atoms with van der Waals surface area (Å²) in [6, 6.07) is 1.94. The first-order chi connectivity index (χ1) is 7.69. The summed E-state index contributed by atoms with van der Waals surface area (Å²) in [7, 11) is 0. The summed E-state index contributed by atoms with van der Waals surface area (Å²) in [4.78, 5) is 10.4. The molecule has 2 rings (SSSR count). The van der Waals surface area contributed by atoms with Gasteiger partial charge in [-0.2, -0.15) is 0 Å². The largest absolute Gasteiger partial charge is 0.396 e. The van der Waals surface area contributed by atoms with Crippen molar-refractivity contribution in [2.24, 2.45) is 5.92 Å². The summed E-state index contributed by atoms with van der Waals surface area (Å²) >= 11 is 5.84. The van der Waals surface area contributed by atoms with E-state index in [0.717, 1.165) is 37.4 Å². The van der Waals surface area contributed by atoms with E-state index in [-0.39, 0.29) is 6.61 Å². The molecule has 1 saturated heterocycles. The van der Waals surface area contributed by atoms with Gasteiger partial charge in [0.05, 0.1) is 0 Å². The van der Waals surface area contributed by atoms with E-state index in [1.165, 1.54) is 0 Å². The fraction of sp³-hybridized carbons (Fsp3) is 0.636. The van der Waals surface area contributed by atoms with E-state index >= 15 is 0 Å². The molecular weight excluding hydrogens is 226 g/mol. The highest BCUT2D eigenvalue weighted by Crippen LogP contribution is 2.22. The van der Waals surface area contributed by atoms with Crippen LogP contribution in [0.1, 0.15) is 18.5 Å². The molecule has 0 radical (unpaired) electrons. The van der Waals surface area contributed by atoms with Gasteiger partial charge in [0.15, 0.2) is 0 Å². The van der Waals surface area contributed by atoms with Gasteiger partial charge in [-0.1, -0.05) is 0 Å². The minimum atomic E-state index is 0.244. The number of hydrogen-bond acceptors (Lipinski definition) is 4. The predicted octanol–water partition coefficient (Wildman–Crippen LogP) is 1.65. The van der Waals surface area contributed by atoms with Crippen LogP contribution in [0.15, 0.2) is 6.07 Å². The first-order valence-electron chi connectivity index (χ1n) is 5.56. The molecule has 0 unspecified atom stereocenters. The lowest BCUT2D eigenvalue weighted by Gasteiger charge is -2.32. The van der Waals surface area contributed by atoms with Gasteiger partial charge in [-0.25, -0.2) is 9.97 Å². The van der Waals surface area contributed by atoms with Crippen molar-refractivity contribution in [2.75, 3.05) is 24.6 Å². The van der Waals surface area contributed by atoms with Crippen molar-refractivity contribution in [2.45, 2.75) is 19.8 Å². The van der Waals surface area contributed by atoms with Gasteiger partial charge in [-0.15, -0.1) is 0 Å². The third-order valence-corrected chi connectivity index (χ3v) is 3.08. The number of hydrogen-bond donors (Lipinski definition) is 1. The van der Waals surface area contributed by atoms with Crippen molar-refractivity contribution >= 4 is 17.4 Å². The van der Waals surface area contributed by atoms with Crippen LogP contribution >= 0.6 is 11.6 Å². The molecule has 1 aromatic rings. The van der Waals surface area contributed by atoms with Crippen LogP contribution in [0.5, 0.6) is 0 Å². The first kappa shape index (κ1) is 11.6. The molecule has 0 bridgehead atoms. The first-order valence-corrected chi connectivity index (χ1v) is 5.94. The maximum atomic E-state index is 9.18. The van der Waals surface area contributed by atoms with Crippen LogP contribution in [0.25, 0.3) is 0 Å². The Bertz CT molecular complexity index is 352. The van der Waals surface area contributed by atoms with Crippen LogP contribution in [0.4, 0.5) is 5.82 Å². The maximum Gasteiger partial charge on any atom is 0.224 e. The van der Waals surface area contributed by atoms with Crippen molar-refractivity contribution in [3.63, 3.8) is 0 Å². The molecule has 0 aliphatic carbocycles. The third-order valence-electron chi connectivity index (χ3n) is 2.91. The van der Waals surface area contributed by atoms with Crippen molar-refractivity contribution in [3.05, 3.63) is 17.0 Å². The lowest BCUT2D eigenvalue weighted by atomic mass is 9.99. The molecule has 1 atom stereocenters. The zero-order valence-electron chi connectivity index (χ0n) is 9.36. The van der Waals surface area contributed by atoms with Gasteiger partial charge in [0.25, 0.3) is 0 Å². The Morgan fingerprint density at radius 2 is 2.38 bits per heavy atom. The van der Waals surface area contributed by atoms with Gasteiger partial charge in [0.2, 0.25) is 5.28 Å². The Labute approximate surface area is 100 Å². The van der Waals surface area contributed by atoms with Gasteiger partial charge in [0, 0.05) is 31.5 Å². The van der Waals surface area contributed by atoms with Gasteiger partial charge in [-0.05, 0) is 37.3 Å². The van der Waals surface area contributed by atoms with Crippen LogP contribution in [-0.2, 0) is 0 Å². The second kappa shape index (κ2) is 4.97. The van der Waals surface area contributed by atoms with E-state index in [1.807, 2.05) is 13.0 Å². The van der Waals surface area contributed by atoms with Crippen molar-refractivity contribution < 1.29 is 5.11 Å². The molecule has 1 fully saturated rings. The average molecular weight is 242 g/mol. The summed E-state index contributed by atoms with van der Waals surface area (Å²) in [5.74, 6) is 1.22. The van der Waals surface area contributed by atoms with Gasteiger partial charge < -0.3 is 10.0 Å². The number of halogens is 1. The van der Waals surface area contributed by atoms with Gasteiger partial charge in [0.1, 0.15) is 5.82 Å². The van der Waals surface area contributed by atoms with Crippen molar-refractivity contribution in [3.8, 4) is 0 Å². The number of aliphatic hydroxyl groups is 1. The fourth-order valence-electron chi connectivity index (χ4n) is 2.10. The number of rotatable bonds is 2. The highest BCUT2D eigenvalue weighted by molar-refractivity contribution is 6.28. The van der Waals surface area contributed by atoms with Crippen LogP contribution in [0.3, 0.4) is 0 Å². The van der Waals surface area contributed by atoms with Crippen molar-refractivity contribution in [1.82, 2.24) is 9.97 Å². The summed E-state index contributed by atoms with van der Waals surface area (Å²) in [5.41, 5.74) is 0.876. The number of nitrogens with zero attached hydrogens (tertiary/aromatic N) is 3. The number of aromatic nitrogens is 2. The zero-order chi connectivity index (χ0) is 11.5. The molecule has 0 saturated carbocycles. The number of piperidine rings is 1. The normalized spacial score (nSPS) is 21.2. The minimum absolute atomic E-state index is 0.244. The second-order valence-electron chi connectivity index (χ2n) is 4.27. The monoisotopic (exact) mass is 241 g/mol. The van der Waals surface area contributed by atoms with Gasteiger partial charge >= 0.3 is 0 Å². The topological polar surface area (TPSA) is 49.2 Å². The molecule has 16 heavy (non-hydrogen) atoms.